The van der Waals surface area contributed by atoms with E-state index in [1.165, 1.54) is 23.9 Å². The second-order valence-electron chi connectivity index (χ2n) is 5.34. The maximum absolute atomic E-state index is 13.0. The summed E-state index contributed by atoms with van der Waals surface area (Å²) in [7, 11) is 0. The Morgan fingerprint density at radius 2 is 1.72 bits per heavy atom. The van der Waals surface area contributed by atoms with Gasteiger partial charge in [-0.3, -0.25) is 4.79 Å². The summed E-state index contributed by atoms with van der Waals surface area (Å²) in [6, 6.07) is 15.3. The summed E-state index contributed by atoms with van der Waals surface area (Å²) in [6.45, 7) is 5.66. The van der Waals surface area contributed by atoms with Gasteiger partial charge in [-0.25, -0.2) is 4.39 Å². The SMILES string of the molecule is CCN(CC)C(=S)S[C@H](C(=O)Nc1ccc(F)cc1)c1ccccc1. The molecule has 0 spiro atoms. The number of thioether (sulfide) groups is 1. The third-order valence-electron chi connectivity index (χ3n) is 3.69. The van der Waals surface area contributed by atoms with Gasteiger partial charge >= 0.3 is 0 Å². The van der Waals surface area contributed by atoms with Crippen LogP contribution in [0.25, 0.3) is 0 Å². The molecule has 0 unspecified atom stereocenters. The Hall–Kier alpha value is -1.92. The van der Waals surface area contributed by atoms with Crippen LogP contribution in [0.3, 0.4) is 0 Å². The van der Waals surface area contributed by atoms with E-state index in [1.807, 2.05) is 49.1 Å². The average Bonchev–Trinajstić information content (AvgIpc) is 2.63. The molecular formula is C19H21FN2OS2. The number of benzene rings is 2. The lowest BCUT2D eigenvalue weighted by atomic mass is 10.1. The Bertz CT molecular complexity index is 703. The van der Waals surface area contributed by atoms with E-state index in [9.17, 15) is 9.18 Å². The molecule has 2 rings (SSSR count). The van der Waals surface area contributed by atoms with Crippen LogP contribution in [0, 0.1) is 5.82 Å². The third kappa shape index (κ3) is 5.54. The van der Waals surface area contributed by atoms with Gasteiger partial charge in [0.15, 0.2) is 0 Å². The van der Waals surface area contributed by atoms with Crippen molar-refractivity contribution in [2.24, 2.45) is 0 Å². The standard InChI is InChI=1S/C19H21FN2OS2/c1-3-22(4-2)19(24)25-17(14-8-6-5-7-9-14)18(23)21-16-12-10-15(20)11-13-16/h5-13,17H,3-4H2,1-2H3,(H,21,23)/t17-/m0/s1. The van der Waals surface area contributed by atoms with Crippen molar-refractivity contribution in [3.05, 3.63) is 66.0 Å². The Morgan fingerprint density at radius 3 is 2.28 bits per heavy atom. The molecule has 0 fully saturated rings. The predicted octanol–water partition coefficient (Wildman–Crippen LogP) is 4.87. The van der Waals surface area contributed by atoms with E-state index in [2.05, 4.69) is 5.32 Å². The van der Waals surface area contributed by atoms with Crippen molar-refractivity contribution in [2.45, 2.75) is 19.1 Å². The van der Waals surface area contributed by atoms with Crippen molar-refractivity contribution in [3.8, 4) is 0 Å². The minimum atomic E-state index is -0.473. The smallest absolute Gasteiger partial charge is 0.242 e. The maximum atomic E-state index is 13.0. The van der Waals surface area contributed by atoms with Gasteiger partial charge in [0.2, 0.25) is 5.91 Å². The van der Waals surface area contributed by atoms with Crippen LogP contribution in [0.5, 0.6) is 0 Å². The van der Waals surface area contributed by atoms with Crippen molar-refractivity contribution < 1.29 is 9.18 Å². The predicted molar refractivity (Wildman–Crippen MR) is 107 cm³/mol. The highest BCUT2D eigenvalue weighted by molar-refractivity contribution is 8.23. The fraction of sp³-hybridized carbons (Fsp3) is 0.263. The molecular weight excluding hydrogens is 355 g/mol. The maximum Gasteiger partial charge on any atom is 0.242 e. The molecule has 0 aliphatic rings. The highest BCUT2D eigenvalue weighted by Gasteiger charge is 2.24. The van der Waals surface area contributed by atoms with Crippen LogP contribution >= 0.6 is 24.0 Å². The number of hydrogen-bond donors (Lipinski definition) is 1. The van der Waals surface area contributed by atoms with Gasteiger partial charge in [0, 0.05) is 18.8 Å². The molecule has 0 saturated heterocycles. The second-order valence-corrected chi connectivity index (χ2v) is 7.08. The van der Waals surface area contributed by atoms with Crippen LogP contribution in [-0.2, 0) is 4.79 Å². The van der Waals surface area contributed by atoms with Crippen LogP contribution in [0.2, 0.25) is 0 Å². The minimum Gasteiger partial charge on any atom is -0.358 e. The topological polar surface area (TPSA) is 32.3 Å². The summed E-state index contributed by atoms with van der Waals surface area (Å²) < 4.78 is 13.7. The van der Waals surface area contributed by atoms with Crippen molar-refractivity contribution in [1.82, 2.24) is 4.90 Å². The van der Waals surface area contributed by atoms with Gasteiger partial charge in [-0.1, -0.05) is 54.3 Å². The second kappa shape index (κ2) is 9.53. The Morgan fingerprint density at radius 1 is 1.12 bits per heavy atom. The van der Waals surface area contributed by atoms with E-state index < -0.39 is 5.25 Å². The number of anilines is 1. The number of halogens is 1. The van der Waals surface area contributed by atoms with Crippen LogP contribution in [-0.4, -0.2) is 28.2 Å². The van der Waals surface area contributed by atoms with Crippen molar-refractivity contribution in [1.29, 1.82) is 0 Å². The largest absolute Gasteiger partial charge is 0.358 e. The number of thiocarbonyl (C=S) groups is 1. The molecule has 0 bridgehead atoms. The molecule has 0 aromatic heterocycles. The molecule has 2 aromatic carbocycles. The summed E-state index contributed by atoms with van der Waals surface area (Å²) in [6.07, 6.45) is 0. The first-order chi connectivity index (χ1) is 12.0. The highest BCUT2D eigenvalue weighted by Crippen LogP contribution is 2.32. The summed E-state index contributed by atoms with van der Waals surface area (Å²) in [5.74, 6) is -0.521. The lowest BCUT2D eigenvalue weighted by molar-refractivity contribution is -0.115. The van der Waals surface area contributed by atoms with Crippen molar-refractivity contribution in [3.63, 3.8) is 0 Å². The molecule has 1 N–H and O–H groups in total. The summed E-state index contributed by atoms with van der Waals surface area (Å²) >= 11 is 6.87. The van der Waals surface area contributed by atoms with Gasteiger partial charge in [-0.2, -0.15) is 0 Å². The quantitative estimate of drug-likeness (QED) is 0.730. The number of carbonyl (C=O) groups is 1. The number of carbonyl (C=O) groups excluding carboxylic acids is 1. The van der Waals surface area contributed by atoms with Gasteiger partial charge in [-0.15, -0.1) is 0 Å². The Labute approximate surface area is 157 Å². The fourth-order valence-electron chi connectivity index (χ4n) is 2.30. The van der Waals surface area contributed by atoms with Gasteiger partial charge < -0.3 is 10.2 Å². The van der Waals surface area contributed by atoms with E-state index in [-0.39, 0.29) is 11.7 Å². The monoisotopic (exact) mass is 376 g/mol. The number of nitrogens with zero attached hydrogens (tertiary/aromatic N) is 1. The van der Waals surface area contributed by atoms with E-state index in [0.717, 1.165) is 18.7 Å². The fourth-order valence-corrected chi connectivity index (χ4v) is 3.91. The van der Waals surface area contributed by atoms with E-state index in [0.29, 0.717) is 10.0 Å². The first kappa shape index (κ1) is 19.4. The van der Waals surface area contributed by atoms with Crippen LogP contribution in [0.15, 0.2) is 54.6 Å². The number of nitrogens with one attached hydrogen (secondary N) is 1. The third-order valence-corrected chi connectivity index (χ3v) is 5.42. The van der Waals surface area contributed by atoms with Crippen molar-refractivity contribution in [2.75, 3.05) is 18.4 Å². The minimum absolute atomic E-state index is 0.183. The zero-order valence-corrected chi connectivity index (χ0v) is 15.9. The van der Waals surface area contributed by atoms with E-state index >= 15 is 0 Å². The molecule has 1 amide bonds. The number of amides is 1. The normalized spacial score (nSPS) is 11.6. The van der Waals surface area contributed by atoms with Gasteiger partial charge in [0.25, 0.3) is 0 Å². The summed E-state index contributed by atoms with van der Waals surface area (Å²) in [5, 5.41) is 2.37. The molecule has 25 heavy (non-hydrogen) atoms. The molecule has 3 nitrogen and oxygen atoms in total. The first-order valence-electron chi connectivity index (χ1n) is 8.12. The lowest BCUT2D eigenvalue weighted by Gasteiger charge is -2.24. The van der Waals surface area contributed by atoms with Crippen LogP contribution < -0.4 is 5.32 Å². The first-order valence-corrected chi connectivity index (χ1v) is 9.40. The van der Waals surface area contributed by atoms with Gasteiger partial charge in [0.1, 0.15) is 15.4 Å². The molecule has 0 heterocycles. The highest BCUT2D eigenvalue weighted by atomic mass is 32.2. The molecule has 0 aliphatic heterocycles. The Balaban J connectivity index is 2.20. The van der Waals surface area contributed by atoms with E-state index in [4.69, 9.17) is 12.2 Å². The molecule has 0 radical (unpaired) electrons. The number of rotatable bonds is 6. The Kier molecular flexibility index (Phi) is 7.40. The zero-order valence-electron chi connectivity index (χ0n) is 14.2. The molecule has 6 heteroatoms. The molecule has 0 saturated carbocycles. The van der Waals surface area contributed by atoms with E-state index in [1.54, 1.807) is 12.1 Å². The summed E-state index contributed by atoms with van der Waals surface area (Å²) in [4.78, 5) is 14.9. The van der Waals surface area contributed by atoms with Crippen LogP contribution in [0.1, 0.15) is 24.7 Å². The van der Waals surface area contributed by atoms with Gasteiger partial charge in [0.05, 0.1) is 0 Å². The average molecular weight is 377 g/mol. The summed E-state index contributed by atoms with van der Waals surface area (Å²) in [5.41, 5.74) is 1.43. The lowest BCUT2D eigenvalue weighted by Crippen LogP contribution is -2.29. The number of hydrogen-bond acceptors (Lipinski definition) is 3. The van der Waals surface area contributed by atoms with Crippen LogP contribution in [0.4, 0.5) is 10.1 Å². The van der Waals surface area contributed by atoms with Crippen molar-refractivity contribution >= 4 is 39.9 Å². The molecule has 0 aliphatic carbocycles. The molecule has 132 valence electrons. The van der Waals surface area contributed by atoms with Gasteiger partial charge in [-0.05, 0) is 43.7 Å². The molecule has 1 atom stereocenters. The zero-order chi connectivity index (χ0) is 18.2. The molecule has 2 aromatic rings.